The lowest BCUT2D eigenvalue weighted by Crippen LogP contribution is -2.54. The Labute approximate surface area is 196 Å². The van der Waals surface area contributed by atoms with Crippen LogP contribution in [-0.2, 0) is 10.3 Å². The van der Waals surface area contributed by atoms with Gasteiger partial charge in [0, 0.05) is 17.8 Å². The Hall–Kier alpha value is -2.27. The first-order chi connectivity index (χ1) is 14.9. The van der Waals surface area contributed by atoms with Gasteiger partial charge in [-0.15, -0.1) is 0 Å². The van der Waals surface area contributed by atoms with E-state index in [0.29, 0.717) is 10.4 Å². The first kappa shape index (κ1) is 24.4. The Morgan fingerprint density at radius 2 is 1.91 bits per heavy atom. The summed E-state index contributed by atoms with van der Waals surface area (Å²) in [5, 5.41) is 12.8. The number of halogens is 1. The molecule has 1 atom stereocenters. The zero-order valence-electron chi connectivity index (χ0n) is 19.8. The maximum absolute atomic E-state index is 12.8. The molecule has 1 saturated carbocycles. The summed E-state index contributed by atoms with van der Waals surface area (Å²) >= 11 is 6.71. The van der Waals surface area contributed by atoms with Gasteiger partial charge in [-0.25, -0.2) is 4.79 Å². The van der Waals surface area contributed by atoms with Gasteiger partial charge >= 0.3 is 12.0 Å². The van der Waals surface area contributed by atoms with Crippen molar-refractivity contribution in [3.05, 3.63) is 51.7 Å². The van der Waals surface area contributed by atoms with E-state index in [2.05, 4.69) is 39.1 Å². The molecular formula is C26H35ClN2O3. The van der Waals surface area contributed by atoms with Crippen LogP contribution in [-0.4, -0.2) is 28.6 Å². The van der Waals surface area contributed by atoms with Gasteiger partial charge < -0.3 is 15.3 Å². The molecule has 1 fully saturated rings. The number of urea groups is 1. The van der Waals surface area contributed by atoms with E-state index in [1.807, 2.05) is 25.1 Å². The highest BCUT2D eigenvalue weighted by atomic mass is 35.5. The quantitative estimate of drug-likeness (QED) is 0.505. The fourth-order valence-electron chi connectivity index (χ4n) is 4.63. The molecule has 0 saturated heterocycles. The number of hydrogen-bond donors (Lipinski definition) is 2. The molecule has 32 heavy (non-hydrogen) atoms. The minimum atomic E-state index is -0.927. The Morgan fingerprint density at radius 1 is 1.25 bits per heavy atom. The average Bonchev–Trinajstić information content (AvgIpc) is 2.69. The molecule has 174 valence electrons. The van der Waals surface area contributed by atoms with Crippen LogP contribution in [0.15, 0.2) is 35.5 Å². The van der Waals surface area contributed by atoms with Crippen LogP contribution in [0.3, 0.4) is 0 Å². The monoisotopic (exact) mass is 458 g/mol. The number of amides is 2. The van der Waals surface area contributed by atoms with Crippen LogP contribution in [0.1, 0.15) is 77.8 Å². The second-order valence-electron chi connectivity index (χ2n) is 10.3. The van der Waals surface area contributed by atoms with E-state index in [9.17, 15) is 9.59 Å². The Morgan fingerprint density at radius 3 is 2.47 bits per heavy atom. The van der Waals surface area contributed by atoms with E-state index in [1.54, 1.807) is 6.20 Å². The first-order valence-electron chi connectivity index (χ1n) is 11.4. The Bertz CT molecular complexity index is 952. The maximum Gasteiger partial charge on any atom is 0.322 e. The summed E-state index contributed by atoms with van der Waals surface area (Å²) in [5.41, 5.74) is 4.08. The summed E-state index contributed by atoms with van der Waals surface area (Å²) in [7, 11) is 0. The summed E-state index contributed by atoms with van der Waals surface area (Å²) in [6.45, 7) is 10.9. The summed E-state index contributed by atoms with van der Waals surface area (Å²) in [6.07, 6.45) is 8.52. The fraction of sp³-hybridized carbons (Fsp3) is 0.538. The van der Waals surface area contributed by atoms with Gasteiger partial charge in [-0.2, -0.15) is 0 Å². The normalized spacial score (nSPS) is 23.1. The number of nitrogens with zero attached hydrogens (tertiary/aromatic N) is 1. The van der Waals surface area contributed by atoms with Crippen molar-refractivity contribution in [1.29, 1.82) is 0 Å². The van der Waals surface area contributed by atoms with Crippen molar-refractivity contribution in [2.75, 3.05) is 6.54 Å². The number of aliphatic carboxylic acids is 1. The second kappa shape index (κ2) is 9.30. The van der Waals surface area contributed by atoms with E-state index in [1.165, 1.54) is 23.3 Å². The molecule has 2 N–H and O–H groups in total. The molecule has 0 unspecified atom stereocenters. The van der Waals surface area contributed by atoms with Crippen LogP contribution in [0.5, 0.6) is 0 Å². The van der Waals surface area contributed by atoms with Gasteiger partial charge in [-0.3, -0.25) is 4.79 Å². The lowest BCUT2D eigenvalue weighted by Gasteiger charge is -2.42. The largest absolute Gasteiger partial charge is 0.481 e. The molecule has 1 aromatic carbocycles. The molecule has 2 amide bonds. The molecule has 0 radical (unpaired) electrons. The molecule has 5 nitrogen and oxygen atoms in total. The number of carbonyl (C=O) groups excluding carboxylic acids is 1. The van der Waals surface area contributed by atoms with Crippen molar-refractivity contribution < 1.29 is 14.7 Å². The van der Waals surface area contributed by atoms with Gasteiger partial charge in [0.25, 0.3) is 0 Å². The summed E-state index contributed by atoms with van der Waals surface area (Å²) in [4.78, 5) is 25.2. The van der Waals surface area contributed by atoms with E-state index in [4.69, 9.17) is 16.7 Å². The lowest BCUT2D eigenvalue weighted by molar-refractivity contribution is -0.137. The molecule has 1 aliphatic carbocycles. The van der Waals surface area contributed by atoms with E-state index in [-0.39, 0.29) is 24.9 Å². The molecule has 1 aliphatic heterocycles. The minimum Gasteiger partial charge on any atom is -0.481 e. The molecule has 3 rings (SSSR count). The van der Waals surface area contributed by atoms with E-state index in [0.717, 1.165) is 29.5 Å². The highest BCUT2D eigenvalue weighted by Gasteiger charge is 2.39. The number of hydrogen-bond acceptors (Lipinski definition) is 2. The van der Waals surface area contributed by atoms with Crippen molar-refractivity contribution in [3.63, 3.8) is 0 Å². The first-order valence-corrected chi connectivity index (χ1v) is 11.8. The molecule has 1 aromatic rings. The topological polar surface area (TPSA) is 69.6 Å². The molecule has 0 spiro atoms. The van der Waals surface area contributed by atoms with E-state index < -0.39 is 11.5 Å². The average molecular weight is 459 g/mol. The van der Waals surface area contributed by atoms with Crippen LogP contribution in [0.25, 0.3) is 6.08 Å². The highest BCUT2D eigenvalue weighted by molar-refractivity contribution is 6.32. The van der Waals surface area contributed by atoms with Crippen LogP contribution in [0, 0.1) is 11.3 Å². The van der Waals surface area contributed by atoms with Crippen LogP contribution < -0.4 is 5.32 Å². The smallest absolute Gasteiger partial charge is 0.322 e. The standard InChI is InChI=1S/C26H35ClN2O3/c1-17(2)21-16-29(13-10-23(30)31)24(32)28-26(21,5)20-7-6-19(22(27)15-20)14-18-8-11-25(3,4)12-9-18/h6-7,14-17H,8-13H2,1-5H3,(H,28,32)(H,30,31)/t26-/m0/s1. The number of allylic oxidation sites excluding steroid dienone is 1. The van der Waals surface area contributed by atoms with Gasteiger partial charge in [0.05, 0.1) is 12.0 Å². The van der Waals surface area contributed by atoms with Crippen molar-refractivity contribution in [2.24, 2.45) is 11.3 Å². The van der Waals surface area contributed by atoms with Gasteiger partial charge in [0.1, 0.15) is 0 Å². The molecule has 6 heteroatoms. The molecular weight excluding hydrogens is 424 g/mol. The summed E-state index contributed by atoms with van der Waals surface area (Å²) < 4.78 is 0. The maximum atomic E-state index is 12.8. The van der Waals surface area contributed by atoms with E-state index >= 15 is 0 Å². The van der Waals surface area contributed by atoms with Gasteiger partial charge in [0.15, 0.2) is 0 Å². The third-order valence-electron chi connectivity index (χ3n) is 6.86. The number of carboxylic acids is 1. The SMILES string of the molecule is CC(C)C1=CN(CCC(=O)O)C(=O)N[C@@]1(C)c1ccc(C=C2CCC(C)(C)CC2)c(Cl)c1. The van der Waals surface area contributed by atoms with Crippen LogP contribution >= 0.6 is 11.6 Å². The number of benzene rings is 1. The predicted octanol–water partition coefficient (Wildman–Crippen LogP) is 6.58. The zero-order chi connectivity index (χ0) is 23.7. The van der Waals surface area contributed by atoms with Crippen LogP contribution in [0.2, 0.25) is 5.02 Å². The number of carboxylic acid groups (broad SMARTS) is 1. The number of rotatable bonds is 6. The minimum absolute atomic E-state index is 0.0988. The summed E-state index contributed by atoms with van der Waals surface area (Å²) in [6, 6.07) is 5.72. The van der Waals surface area contributed by atoms with Gasteiger partial charge in [-0.1, -0.05) is 63.1 Å². The third-order valence-corrected chi connectivity index (χ3v) is 7.19. The van der Waals surface area contributed by atoms with Crippen molar-refractivity contribution in [2.45, 2.75) is 72.3 Å². The number of nitrogens with one attached hydrogen (secondary N) is 1. The molecule has 2 aliphatic rings. The molecule has 0 aromatic heterocycles. The van der Waals surface area contributed by atoms with Crippen LogP contribution in [0.4, 0.5) is 4.79 Å². The Balaban J connectivity index is 1.89. The Kier molecular flexibility index (Phi) is 7.09. The van der Waals surface area contributed by atoms with Crippen molar-refractivity contribution >= 4 is 29.7 Å². The fourth-order valence-corrected chi connectivity index (χ4v) is 4.86. The third kappa shape index (κ3) is 5.37. The van der Waals surface area contributed by atoms with Gasteiger partial charge in [-0.05, 0) is 66.7 Å². The number of carbonyl (C=O) groups is 2. The van der Waals surface area contributed by atoms with Crippen molar-refractivity contribution in [3.8, 4) is 0 Å². The second-order valence-corrected chi connectivity index (χ2v) is 10.7. The molecule has 1 heterocycles. The predicted molar refractivity (Wildman–Crippen MR) is 129 cm³/mol. The zero-order valence-corrected chi connectivity index (χ0v) is 20.6. The molecule has 0 bridgehead atoms. The van der Waals surface area contributed by atoms with Gasteiger partial charge in [0.2, 0.25) is 0 Å². The summed E-state index contributed by atoms with van der Waals surface area (Å²) in [5.74, 6) is -0.775. The van der Waals surface area contributed by atoms with Crippen molar-refractivity contribution in [1.82, 2.24) is 10.2 Å². The lowest BCUT2D eigenvalue weighted by atomic mass is 9.75. The highest BCUT2D eigenvalue weighted by Crippen LogP contribution is 2.41.